The second kappa shape index (κ2) is 5.64. The lowest BCUT2D eigenvalue weighted by Gasteiger charge is -2.27. The molecule has 0 heterocycles. The minimum atomic E-state index is 0.616. The predicted octanol–water partition coefficient (Wildman–Crippen LogP) is 2.76. The summed E-state index contributed by atoms with van der Waals surface area (Å²) in [4.78, 5) is 2.28. The van der Waals surface area contributed by atoms with Crippen LogP contribution in [0.2, 0.25) is 0 Å². The number of benzene rings is 1. The highest BCUT2D eigenvalue weighted by Crippen LogP contribution is 2.32. The number of ether oxygens (including phenoxy) is 1. The van der Waals surface area contributed by atoms with Gasteiger partial charge in [0.05, 0.1) is 18.5 Å². The van der Waals surface area contributed by atoms with Crippen LogP contribution in [0.4, 0.5) is 11.4 Å². The van der Waals surface area contributed by atoms with Crippen LogP contribution < -0.4 is 15.4 Å². The Morgan fingerprint density at radius 1 is 1.38 bits per heavy atom. The first kappa shape index (κ1) is 12.7. The van der Waals surface area contributed by atoms with Gasteiger partial charge in [-0.05, 0) is 25.0 Å². The van der Waals surface area contributed by atoms with Crippen molar-refractivity contribution in [2.45, 2.75) is 20.8 Å². The maximum Gasteiger partial charge on any atom is 0.143 e. The van der Waals surface area contributed by atoms with Gasteiger partial charge >= 0.3 is 0 Å². The molecule has 1 rings (SSSR count). The zero-order chi connectivity index (χ0) is 12.1. The Morgan fingerprint density at radius 3 is 2.56 bits per heavy atom. The molecule has 0 bridgehead atoms. The van der Waals surface area contributed by atoms with Crippen LogP contribution >= 0.6 is 0 Å². The third kappa shape index (κ3) is 2.81. The van der Waals surface area contributed by atoms with Crippen molar-refractivity contribution in [2.24, 2.45) is 5.92 Å². The normalized spacial score (nSPS) is 10.6. The van der Waals surface area contributed by atoms with Gasteiger partial charge in [0.15, 0.2) is 0 Å². The molecule has 0 aliphatic carbocycles. The second-order valence-electron chi connectivity index (χ2n) is 4.33. The van der Waals surface area contributed by atoms with Crippen LogP contribution in [0.15, 0.2) is 18.2 Å². The van der Waals surface area contributed by atoms with Crippen molar-refractivity contribution in [2.75, 3.05) is 30.8 Å². The number of hydrogen-bond acceptors (Lipinski definition) is 3. The Hall–Kier alpha value is -1.38. The molecule has 0 radical (unpaired) electrons. The molecule has 0 atom stereocenters. The molecule has 0 aliphatic rings. The summed E-state index contributed by atoms with van der Waals surface area (Å²) in [6, 6.07) is 5.92. The summed E-state index contributed by atoms with van der Waals surface area (Å²) >= 11 is 0. The van der Waals surface area contributed by atoms with E-state index in [2.05, 4.69) is 25.7 Å². The van der Waals surface area contributed by atoms with Crippen molar-refractivity contribution in [3.63, 3.8) is 0 Å². The van der Waals surface area contributed by atoms with Gasteiger partial charge in [-0.3, -0.25) is 0 Å². The monoisotopic (exact) mass is 222 g/mol. The van der Waals surface area contributed by atoms with Crippen LogP contribution in [0.1, 0.15) is 20.8 Å². The fraction of sp³-hybridized carbons (Fsp3) is 0.538. The molecule has 0 amide bonds. The third-order valence-corrected chi connectivity index (χ3v) is 2.57. The molecule has 3 nitrogen and oxygen atoms in total. The molecule has 0 saturated carbocycles. The molecule has 0 aliphatic heterocycles. The van der Waals surface area contributed by atoms with Crippen LogP contribution in [0.5, 0.6) is 5.75 Å². The fourth-order valence-electron chi connectivity index (χ4n) is 1.82. The summed E-state index contributed by atoms with van der Waals surface area (Å²) in [5, 5.41) is 0. The SMILES string of the molecule is CCN(CC(C)C)c1cccc(OC)c1N. The zero-order valence-electron chi connectivity index (χ0n) is 10.7. The first-order chi connectivity index (χ1) is 7.60. The Morgan fingerprint density at radius 2 is 2.06 bits per heavy atom. The van der Waals surface area contributed by atoms with Gasteiger partial charge in [0, 0.05) is 13.1 Å². The zero-order valence-corrected chi connectivity index (χ0v) is 10.7. The molecule has 0 saturated heterocycles. The van der Waals surface area contributed by atoms with E-state index >= 15 is 0 Å². The number of para-hydroxylation sites is 1. The summed E-state index contributed by atoms with van der Waals surface area (Å²) in [6.07, 6.45) is 0. The van der Waals surface area contributed by atoms with Crippen LogP contribution in [0.25, 0.3) is 0 Å². The molecule has 0 spiro atoms. The van der Waals surface area contributed by atoms with Crippen molar-refractivity contribution < 1.29 is 4.74 Å². The molecule has 90 valence electrons. The van der Waals surface area contributed by atoms with Crippen LogP contribution in [0, 0.1) is 5.92 Å². The standard InChI is InChI=1S/C13H22N2O/c1-5-15(9-10(2)3)11-7-6-8-12(16-4)13(11)14/h6-8,10H,5,9,14H2,1-4H3. The van der Waals surface area contributed by atoms with Gasteiger partial charge < -0.3 is 15.4 Å². The molecule has 1 aromatic rings. The molecule has 3 heteroatoms. The average molecular weight is 222 g/mol. The number of nitrogens with two attached hydrogens (primary N) is 1. The topological polar surface area (TPSA) is 38.5 Å². The van der Waals surface area contributed by atoms with E-state index in [1.165, 1.54) is 0 Å². The van der Waals surface area contributed by atoms with Crippen molar-refractivity contribution in [3.05, 3.63) is 18.2 Å². The van der Waals surface area contributed by atoms with Crippen molar-refractivity contribution in [1.29, 1.82) is 0 Å². The van der Waals surface area contributed by atoms with Gasteiger partial charge in [-0.2, -0.15) is 0 Å². The molecule has 0 fully saturated rings. The molecular formula is C13H22N2O. The van der Waals surface area contributed by atoms with Gasteiger partial charge in [0.25, 0.3) is 0 Å². The van der Waals surface area contributed by atoms with E-state index in [1.54, 1.807) is 7.11 Å². The van der Waals surface area contributed by atoms with E-state index < -0.39 is 0 Å². The highest BCUT2D eigenvalue weighted by atomic mass is 16.5. The fourth-order valence-corrected chi connectivity index (χ4v) is 1.82. The maximum atomic E-state index is 6.08. The van der Waals surface area contributed by atoms with Gasteiger partial charge in [0.1, 0.15) is 5.75 Å². The number of nitrogen functional groups attached to an aromatic ring is 1. The predicted molar refractivity (Wildman–Crippen MR) is 70.1 cm³/mol. The largest absolute Gasteiger partial charge is 0.495 e. The minimum absolute atomic E-state index is 0.616. The Kier molecular flexibility index (Phi) is 4.47. The van der Waals surface area contributed by atoms with Gasteiger partial charge in [-0.25, -0.2) is 0 Å². The molecular weight excluding hydrogens is 200 g/mol. The lowest BCUT2D eigenvalue weighted by molar-refractivity contribution is 0.417. The lowest BCUT2D eigenvalue weighted by Crippen LogP contribution is -2.28. The summed E-state index contributed by atoms with van der Waals surface area (Å²) in [6.45, 7) is 8.52. The van der Waals surface area contributed by atoms with Crippen LogP contribution in [0.3, 0.4) is 0 Å². The molecule has 0 unspecified atom stereocenters. The highest BCUT2D eigenvalue weighted by molar-refractivity contribution is 5.74. The molecule has 1 aromatic carbocycles. The lowest BCUT2D eigenvalue weighted by atomic mass is 10.1. The van der Waals surface area contributed by atoms with Gasteiger partial charge in [-0.15, -0.1) is 0 Å². The number of methoxy groups -OCH3 is 1. The van der Waals surface area contributed by atoms with Crippen molar-refractivity contribution in [3.8, 4) is 5.75 Å². The van der Waals surface area contributed by atoms with E-state index in [-0.39, 0.29) is 0 Å². The van der Waals surface area contributed by atoms with Crippen LogP contribution in [-0.2, 0) is 0 Å². The van der Waals surface area contributed by atoms with E-state index in [1.807, 2.05) is 18.2 Å². The first-order valence-corrected chi connectivity index (χ1v) is 5.77. The van der Waals surface area contributed by atoms with E-state index in [0.717, 1.165) is 30.2 Å². The molecule has 0 aromatic heterocycles. The second-order valence-corrected chi connectivity index (χ2v) is 4.33. The van der Waals surface area contributed by atoms with Gasteiger partial charge in [0.2, 0.25) is 0 Å². The average Bonchev–Trinajstić information content (AvgIpc) is 2.26. The maximum absolute atomic E-state index is 6.08. The Bertz CT molecular complexity index is 337. The highest BCUT2D eigenvalue weighted by Gasteiger charge is 2.12. The summed E-state index contributed by atoms with van der Waals surface area (Å²) in [5.74, 6) is 1.37. The minimum Gasteiger partial charge on any atom is -0.495 e. The van der Waals surface area contributed by atoms with E-state index in [4.69, 9.17) is 10.5 Å². The van der Waals surface area contributed by atoms with Crippen LogP contribution in [-0.4, -0.2) is 20.2 Å². The number of anilines is 2. The van der Waals surface area contributed by atoms with Crippen molar-refractivity contribution in [1.82, 2.24) is 0 Å². The Labute approximate surface area is 98.2 Å². The van der Waals surface area contributed by atoms with E-state index in [0.29, 0.717) is 5.92 Å². The summed E-state index contributed by atoms with van der Waals surface area (Å²) in [7, 11) is 1.65. The third-order valence-electron chi connectivity index (χ3n) is 2.57. The number of hydrogen-bond donors (Lipinski definition) is 1. The first-order valence-electron chi connectivity index (χ1n) is 5.77. The van der Waals surface area contributed by atoms with Gasteiger partial charge in [-0.1, -0.05) is 19.9 Å². The smallest absolute Gasteiger partial charge is 0.143 e. The number of rotatable bonds is 5. The summed E-state index contributed by atoms with van der Waals surface area (Å²) in [5.41, 5.74) is 7.87. The molecule has 16 heavy (non-hydrogen) atoms. The van der Waals surface area contributed by atoms with E-state index in [9.17, 15) is 0 Å². The molecule has 2 N–H and O–H groups in total. The summed E-state index contributed by atoms with van der Waals surface area (Å²) < 4.78 is 5.23. The van der Waals surface area contributed by atoms with Crippen molar-refractivity contribution >= 4 is 11.4 Å². The quantitative estimate of drug-likeness (QED) is 0.778. The number of nitrogens with zero attached hydrogens (tertiary/aromatic N) is 1. The Balaban J connectivity index is 3.00.